The fraction of sp³-hybridized carbons (Fsp3) is 0.550. The third-order valence-electron chi connectivity index (χ3n) is 6.00. The van der Waals surface area contributed by atoms with Crippen molar-refractivity contribution in [3.05, 3.63) is 42.0 Å². The molecule has 4 nitrogen and oxygen atoms in total. The lowest BCUT2D eigenvalue weighted by atomic mass is 9.56. The number of hydrogen-bond acceptors (Lipinski definition) is 3. The number of ether oxygens (including phenoxy) is 2. The Morgan fingerprint density at radius 2 is 2.00 bits per heavy atom. The second kappa shape index (κ2) is 6.60. The minimum Gasteiger partial charge on any atom is -0.449 e. The molecule has 1 aromatic rings. The highest BCUT2D eigenvalue weighted by Gasteiger charge is 2.53. The van der Waals surface area contributed by atoms with E-state index in [1.54, 1.807) is 0 Å². The van der Waals surface area contributed by atoms with Gasteiger partial charge in [0.05, 0.1) is 12.7 Å². The summed E-state index contributed by atoms with van der Waals surface area (Å²) >= 11 is 0. The number of nitrogens with one attached hydrogen (secondary N) is 1. The normalized spacial score (nSPS) is 35.1. The van der Waals surface area contributed by atoms with Gasteiger partial charge in [0, 0.05) is 17.0 Å². The summed E-state index contributed by atoms with van der Waals surface area (Å²) in [4.78, 5) is 12.2. The van der Waals surface area contributed by atoms with Crippen molar-refractivity contribution in [2.75, 3.05) is 18.5 Å². The van der Waals surface area contributed by atoms with E-state index in [2.05, 4.69) is 39.1 Å². The highest BCUT2D eigenvalue weighted by atomic mass is 16.6. The molecular formula is C20H27NO3. The molecule has 1 amide bonds. The van der Waals surface area contributed by atoms with Crippen LogP contribution in [0.4, 0.5) is 10.5 Å². The van der Waals surface area contributed by atoms with E-state index >= 15 is 0 Å². The summed E-state index contributed by atoms with van der Waals surface area (Å²) in [5.74, 6) is 1.14. The van der Waals surface area contributed by atoms with Crippen LogP contribution in [0.15, 0.2) is 42.0 Å². The minimum absolute atomic E-state index is 0.148. The maximum Gasteiger partial charge on any atom is 0.411 e. The van der Waals surface area contributed by atoms with Gasteiger partial charge in [-0.25, -0.2) is 4.79 Å². The van der Waals surface area contributed by atoms with Gasteiger partial charge in [-0.15, -0.1) is 0 Å². The summed E-state index contributed by atoms with van der Waals surface area (Å²) in [6.07, 6.45) is 2.15. The van der Waals surface area contributed by atoms with Crippen molar-refractivity contribution in [1.82, 2.24) is 0 Å². The van der Waals surface area contributed by atoms with Crippen LogP contribution in [-0.2, 0) is 9.47 Å². The van der Waals surface area contributed by atoms with Gasteiger partial charge in [-0.1, -0.05) is 43.7 Å². The molecule has 5 atom stereocenters. The SMILES string of the molecule is CC1=C[C@H](C)[C@@]2(COC(=O)Nc3ccccc3)CO[C@H](C)[C@H]1[C@@H]2C. The van der Waals surface area contributed by atoms with Crippen LogP contribution < -0.4 is 5.32 Å². The summed E-state index contributed by atoms with van der Waals surface area (Å²) < 4.78 is 11.7. The lowest BCUT2D eigenvalue weighted by Crippen LogP contribution is -2.56. The predicted molar refractivity (Wildman–Crippen MR) is 94.8 cm³/mol. The van der Waals surface area contributed by atoms with Crippen LogP contribution >= 0.6 is 0 Å². The molecule has 0 saturated carbocycles. The Morgan fingerprint density at radius 3 is 2.71 bits per heavy atom. The molecule has 1 fully saturated rings. The number of fused-ring (bicyclic) bond motifs is 2. The van der Waals surface area contributed by atoms with E-state index in [1.807, 2.05) is 30.3 Å². The average molecular weight is 329 g/mol. The van der Waals surface area contributed by atoms with Crippen molar-refractivity contribution in [2.45, 2.75) is 33.8 Å². The summed E-state index contributed by atoms with van der Waals surface area (Å²) in [6.45, 7) is 9.82. The maximum absolute atomic E-state index is 12.2. The third-order valence-corrected chi connectivity index (χ3v) is 6.00. The Balaban J connectivity index is 1.70. The molecule has 24 heavy (non-hydrogen) atoms. The highest BCUT2D eigenvalue weighted by molar-refractivity contribution is 5.84. The molecule has 2 aliphatic rings. The van der Waals surface area contributed by atoms with Gasteiger partial charge in [-0.2, -0.15) is 0 Å². The number of rotatable bonds is 3. The minimum atomic E-state index is -0.406. The Kier molecular flexibility index (Phi) is 4.68. The van der Waals surface area contributed by atoms with Crippen molar-refractivity contribution in [2.24, 2.45) is 23.2 Å². The average Bonchev–Trinajstić information content (AvgIpc) is 2.54. The maximum atomic E-state index is 12.2. The summed E-state index contributed by atoms with van der Waals surface area (Å²) in [5, 5.41) is 2.78. The number of hydrogen-bond donors (Lipinski definition) is 1. The van der Waals surface area contributed by atoms with Gasteiger partial charge in [-0.05, 0) is 37.8 Å². The molecule has 0 spiro atoms. The summed E-state index contributed by atoms with van der Waals surface area (Å²) in [5.41, 5.74) is 1.99. The van der Waals surface area contributed by atoms with E-state index in [0.717, 1.165) is 5.69 Å². The van der Waals surface area contributed by atoms with Crippen LogP contribution in [0.3, 0.4) is 0 Å². The van der Waals surface area contributed by atoms with E-state index in [1.165, 1.54) is 5.57 Å². The number of amides is 1. The molecule has 0 aromatic heterocycles. The highest BCUT2D eigenvalue weighted by Crippen LogP contribution is 2.52. The quantitative estimate of drug-likeness (QED) is 0.831. The Bertz CT molecular complexity index is 627. The molecule has 3 rings (SSSR count). The zero-order chi connectivity index (χ0) is 17.3. The molecule has 0 unspecified atom stereocenters. The van der Waals surface area contributed by atoms with Gasteiger partial charge in [0.15, 0.2) is 0 Å². The smallest absolute Gasteiger partial charge is 0.411 e. The number of anilines is 1. The van der Waals surface area contributed by atoms with E-state index in [0.29, 0.717) is 31.0 Å². The van der Waals surface area contributed by atoms with Crippen LogP contribution in [-0.4, -0.2) is 25.4 Å². The molecule has 2 bridgehead atoms. The molecule has 1 aromatic carbocycles. The monoisotopic (exact) mass is 329 g/mol. The van der Waals surface area contributed by atoms with E-state index < -0.39 is 6.09 Å². The first kappa shape index (κ1) is 17.0. The van der Waals surface area contributed by atoms with Crippen LogP contribution in [0, 0.1) is 23.2 Å². The van der Waals surface area contributed by atoms with Gasteiger partial charge in [0.2, 0.25) is 0 Å². The first-order chi connectivity index (χ1) is 11.4. The second-order valence-corrected chi connectivity index (χ2v) is 7.33. The molecule has 130 valence electrons. The van der Waals surface area contributed by atoms with Crippen LogP contribution in [0.5, 0.6) is 0 Å². The lowest BCUT2D eigenvalue weighted by Gasteiger charge is -2.54. The van der Waals surface area contributed by atoms with Crippen molar-refractivity contribution < 1.29 is 14.3 Å². The molecule has 1 heterocycles. The fourth-order valence-corrected chi connectivity index (χ4v) is 4.45. The Hall–Kier alpha value is -1.81. The molecule has 4 heteroatoms. The third kappa shape index (κ3) is 2.95. The number of carbonyl (C=O) groups excluding carboxylic acids is 1. The van der Waals surface area contributed by atoms with Gasteiger partial charge in [-0.3, -0.25) is 5.32 Å². The van der Waals surface area contributed by atoms with Crippen LogP contribution in [0.2, 0.25) is 0 Å². The van der Waals surface area contributed by atoms with Crippen LogP contribution in [0.1, 0.15) is 27.7 Å². The molecular weight excluding hydrogens is 302 g/mol. The topological polar surface area (TPSA) is 47.6 Å². The fourth-order valence-electron chi connectivity index (χ4n) is 4.45. The first-order valence-corrected chi connectivity index (χ1v) is 8.73. The largest absolute Gasteiger partial charge is 0.449 e. The Labute approximate surface area is 144 Å². The predicted octanol–water partition coefficient (Wildman–Crippen LogP) is 4.49. The van der Waals surface area contributed by atoms with E-state index in [-0.39, 0.29) is 11.5 Å². The van der Waals surface area contributed by atoms with Crippen LogP contribution in [0.25, 0.3) is 0 Å². The molecule has 1 aliphatic carbocycles. The van der Waals surface area contributed by atoms with Crippen molar-refractivity contribution in [1.29, 1.82) is 0 Å². The van der Waals surface area contributed by atoms with Crippen molar-refractivity contribution >= 4 is 11.8 Å². The molecule has 1 saturated heterocycles. The molecule has 1 N–H and O–H groups in total. The second-order valence-electron chi connectivity index (χ2n) is 7.33. The van der Waals surface area contributed by atoms with Gasteiger partial charge >= 0.3 is 6.09 Å². The number of benzene rings is 1. The standard InChI is InChI=1S/C20H27NO3/c1-13-10-14(2)20(11-23-16(4)18(13)15(20)3)12-24-19(22)21-17-8-6-5-7-9-17/h5-10,14-16,18H,11-12H2,1-4H3,(H,21,22)/t14-,15-,16+,18+,20-/m0/s1. The zero-order valence-corrected chi connectivity index (χ0v) is 14.9. The summed E-state index contributed by atoms with van der Waals surface area (Å²) in [7, 11) is 0. The molecule has 0 radical (unpaired) electrons. The number of para-hydroxylation sites is 1. The van der Waals surface area contributed by atoms with Crippen molar-refractivity contribution in [3.63, 3.8) is 0 Å². The van der Waals surface area contributed by atoms with Gasteiger partial charge < -0.3 is 9.47 Å². The number of allylic oxidation sites excluding steroid dienone is 1. The van der Waals surface area contributed by atoms with E-state index in [4.69, 9.17) is 9.47 Å². The van der Waals surface area contributed by atoms with E-state index in [9.17, 15) is 4.79 Å². The van der Waals surface area contributed by atoms with Gasteiger partial charge in [0.1, 0.15) is 6.61 Å². The molecule has 1 aliphatic heterocycles. The zero-order valence-electron chi connectivity index (χ0n) is 14.9. The first-order valence-electron chi connectivity index (χ1n) is 8.73. The lowest BCUT2D eigenvalue weighted by molar-refractivity contribution is -0.156. The number of carbonyl (C=O) groups is 1. The van der Waals surface area contributed by atoms with Gasteiger partial charge in [0.25, 0.3) is 0 Å². The summed E-state index contributed by atoms with van der Waals surface area (Å²) in [6, 6.07) is 9.37. The van der Waals surface area contributed by atoms with Crippen molar-refractivity contribution in [3.8, 4) is 0 Å². The Morgan fingerprint density at radius 1 is 1.29 bits per heavy atom.